The Hall–Kier alpha value is -3.41. The van der Waals surface area contributed by atoms with Crippen LogP contribution in [0.5, 0.6) is 17.2 Å². The molecule has 0 aliphatic carbocycles. The van der Waals surface area contributed by atoms with Crippen molar-refractivity contribution in [2.45, 2.75) is 26.3 Å². The Labute approximate surface area is 176 Å². The standard InChI is InChI=1S/C24H26N2O4/c1-16-19(24(25)27)15-20(18-8-9-22-23(14-18)30-13-5-12-29-22)26(16)11-10-17-6-3-4-7-21(17)28-2/h3-4,6-9,14-15H,5,10-13H2,1-2H3,(H2,25,27). The van der Waals surface area contributed by atoms with Crippen LogP contribution in [-0.4, -0.2) is 30.8 Å². The Morgan fingerprint density at radius 1 is 1.10 bits per heavy atom. The average Bonchev–Trinajstić information content (AvgIpc) is 2.93. The van der Waals surface area contributed by atoms with Crippen LogP contribution in [0.2, 0.25) is 0 Å². The van der Waals surface area contributed by atoms with Crippen LogP contribution in [-0.2, 0) is 13.0 Å². The number of fused-ring (bicyclic) bond motifs is 1. The van der Waals surface area contributed by atoms with Gasteiger partial charge in [-0.1, -0.05) is 18.2 Å². The summed E-state index contributed by atoms with van der Waals surface area (Å²) in [5.74, 6) is 1.89. The Balaban J connectivity index is 1.72. The summed E-state index contributed by atoms with van der Waals surface area (Å²) in [6, 6.07) is 15.7. The Morgan fingerprint density at radius 3 is 2.63 bits per heavy atom. The van der Waals surface area contributed by atoms with Gasteiger partial charge in [-0.3, -0.25) is 4.79 Å². The van der Waals surface area contributed by atoms with E-state index >= 15 is 0 Å². The maximum atomic E-state index is 12.0. The number of hydrogen-bond acceptors (Lipinski definition) is 4. The van der Waals surface area contributed by atoms with Crippen molar-refractivity contribution in [2.24, 2.45) is 5.73 Å². The lowest BCUT2D eigenvalue weighted by Gasteiger charge is -2.15. The van der Waals surface area contributed by atoms with Gasteiger partial charge in [0, 0.05) is 29.9 Å². The predicted octanol–water partition coefficient (Wildman–Crippen LogP) is 3.98. The lowest BCUT2D eigenvalue weighted by molar-refractivity contribution is 0.0999. The highest BCUT2D eigenvalue weighted by Gasteiger charge is 2.19. The second-order valence-corrected chi connectivity index (χ2v) is 7.32. The molecule has 0 fully saturated rings. The van der Waals surface area contributed by atoms with Crippen LogP contribution in [0.25, 0.3) is 11.3 Å². The summed E-state index contributed by atoms with van der Waals surface area (Å²) in [5.41, 5.74) is 10.0. The van der Waals surface area contributed by atoms with Crippen molar-refractivity contribution in [1.82, 2.24) is 4.57 Å². The molecule has 0 saturated carbocycles. The maximum absolute atomic E-state index is 12.0. The molecule has 0 radical (unpaired) electrons. The SMILES string of the molecule is COc1ccccc1CCn1c(-c2ccc3c(c2)OCCCO3)cc(C(N)=O)c1C. The number of carbonyl (C=O) groups is 1. The van der Waals surface area contributed by atoms with Gasteiger partial charge >= 0.3 is 0 Å². The second-order valence-electron chi connectivity index (χ2n) is 7.32. The molecule has 1 aliphatic heterocycles. The van der Waals surface area contributed by atoms with Gasteiger partial charge in [0.05, 0.1) is 25.9 Å². The molecule has 0 bridgehead atoms. The van der Waals surface area contributed by atoms with Gasteiger partial charge < -0.3 is 24.5 Å². The first-order chi connectivity index (χ1) is 14.6. The van der Waals surface area contributed by atoms with Crippen molar-refractivity contribution in [3.63, 3.8) is 0 Å². The fourth-order valence-corrected chi connectivity index (χ4v) is 3.89. The average molecular weight is 406 g/mol. The molecule has 0 unspecified atom stereocenters. The van der Waals surface area contributed by atoms with Crippen LogP contribution in [0.3, 0.4) is 0 Å². The lowest BCUT2D eigenvalue weighted by Crippen LogP contribution is -2.13. The van der Waals surface area contributed by atoms with Crippen LogP contribution < -0.4 is 19.9 Å². The normalized spacial score (nSPS) is 13.0. The fraction of sp³-hybridized carbons (Fsp3) is 0.292. The monoisotopic (exact) mass is 406 g/mol. The van der Waals surface area contributed by atoms with E-state index in [1.807, 2.05) is 49.4 Å². The number of methoxy groups -OCH3 is 1. The van der Waals surface area contributed by atoms with E-state index in [1.54, 1.807) is 7.11 Å². The van der Waals surface area contributed by atoms with Crippen molar-refractivity contribution in [3.05, 3.63) is 65.4 Å². The molecule has 6 nitrogen and oxygen atoms in total. The molecule has 0 atom stereocenters. The Bertz CT molecular complexity index is 1070. The number of amides is 1. The number of primary amides is 1. The Morgan fingerprint density at radius 2 is 1.87 bits per heavy atom. The molecule has 0 saturated heterocycles. The summed E-state index contributed by atoms with van der Waals surface area (Å²) in [4.78, 5) is 12.0. The van der Waals surface area contributed by atoms with Crippen molar-refractivity contribution >= 4 is 5.91 Å². The molecule has 1 aliphatic rings. The van der Waals surface area contributed by atoms with E-state index in [0.717, 1.165) is 52.6 Å². The van der Waals surface area contributed by atoms with Gasteiger partial charge in [-0.25, -0.2) is 0 Å². The van der Waals surface area contributed by atoms with Gasteiger partial charge in [-0.2, -0.15) is 0 Å². The number of aryl methyl sites for hydroxylation is 1. The van der Waals surface area contributed by atoms with Gasteiger partial charge in [0.2, 0.25) is 0 Å². The molecular weight excluding hydrogens is 380 g/mol. The van der Waals surface area contributed by atoms with E-state index in [-0.39, 0.29) is 0 Å². The van der Waals surface area contributed by atoms with Gasteiger partial charge in [0.1, 0.15) is 5.75 Å². The minimum absolute atomic E-state index is 0.431. The number of ether oxygens (including phenoxy) is 3. The zero-order chi connectivity index (χ0) is 21.1. The van der Waals surface area contributed by atoms with Crippen LogP contribution in [0.4, 0.5) is 0 Å². The van der Waals surface area contributed by atoms with Crippen molar-refractivity contribution in [3.8, 4) is 28.5 Å². The summed E-state index contributed by atoms with van der Waals surface area (Å²) in [6.45, 7) is 3.88. The number of benzene rings is 2. The minimum atomic E-state index is -0.431. The summed E-state index contributed by atoms with van der Waals surface area (Å²) in [7, 11) is 1.67. The van der Waals surface area contributed by atoms with Crippen LogP contribution >= 0.6 is 0 Å². The van der Waals surface area contributed by atoms with Crippen LogP contribution in [0, 0.1) is 6.92 Å². The first kappa shape index (κ1) is 19.9. The number of rotatable bonds is 6. The number of hydrogen-bond donors (Lipinski definition) is 1. The van der Waals surface area contributed by atoms with E-state index in [0.29, 0.717) is 25.3 Å². The van der Waals surface area contributed by atoms with Gasteiger partial charge in [-0.05, 0) is 49.2 Å². The molecule has 2 heterocycles. The smallest absolute Gasteiger partial charge is 0.250 e. The highest BCUT2D eigenvalue weighted by Crippen LogP contribution is 2.36. The van der Waals surface area contributed by atoms with Gasteiger partial charge in [-0.15, -0.1) is 0 Å². The van der Waals surface area contributed by atoms with Gasteiger partial charge in [0.15, 0.2) is 11.5 Å². The van der Waals surface area contributed by atoms with E-state index in [9.17, 15) is 4.79 Å². The molecule has 2 N–H and O–H groups in total. The molecule has 1 aromatic heterocycles. The number of carbonyl (C=O) groups excluding carboxylic acids is 1. The largest absolute Gasteiger partial charge is 0.496 e. The molecule has 1 amide bonds. The number of para-hydroxylation sites is 1. The van der Waals surface area contributed by atoms with E-state index in [1.165, 1.54) is 0 Å². The quantitative estimate of drug-likeness (QED) is 0.672. The second kappa shape index (κ2) is 8.53. The molecular formula is C24H26N2O4. The molecule has 3 aromatic rings. The number of aromatic nitrogens is 1. The third-order valence-electron chi connectivity index (χ3n) is 5.47. The van der Waals surface area contributed by atoms with Crippen molar-refractivity contribution in [1.29, 1.82) is 0 Å². The van der Waals surface area contributed by atoms with E-state index in [2.05, 4.69) is 10.6 Å². The third kappa shape index (κ3) is 3.85. The van der Waals surface area contributed by atoms with Crippen molar-refractivity contribution in [2.75, 3.05) is 20.3 Å². The van der Waals surface area contributed by atoms with Gasteiger partial charge in [0.25, 0.3) is 5.91 Å². The zero-order valence-electron chi connectivity index (χ0n) is 17.3. The summed E-state index contributed by atoms with van der Waals surface area (Å²) in [6.07, 6.45) is 1.61. The highest BCUT2D eigenvalue weighted by molar-refractivity contribution is 5.95. The Kier molecular flexibility index (Phi) is 5.65. The lowest BCUT2D eigenvalue weighted by atomic mass is 10.1. The first-order valence-corrected chi connectivity index (χ1v) is 10.1. The topological polar surface area (TPSA) is 75.7 Å². The van der Waals surface area contributed by atoms with E-state index in [4.69, 9.17) is 19.9 Å². The predicted molar refractivity (Wildman–Crippen MR) is 115 cm³/mol. The molecule has 0 spiro atoms. The molecule has 156 valence electrons. The summed E-state index contributed by atoms with van der Waals surface area (Å²) < 4.78 is 19.2. The highest BCUT2D eigenvalue weighted by atomic mass is 16.5. The first-order valence-electron chi connectivity index (χ1n) is 10.1. The summed E-state index contributed by atoms with van der Waals surface area (Å²) in [5, 5.41) is 0. The number of nitrogens with zero attached hydrogens (tertiary/aromatic N) is 1. The van der Waals surface area contributed by atoms with Crippen molar-refractivity contribution < 1.29 is 19.0 Å². The minimum Gasteiger partial charge on any atom is -0.496 e. The fourth-order valence-electron chi connectivity index (χ4n) is 3.89. The molecule has 6 heteroatoms. The maximum Gasteiger partial charge on any atom is 0.250 e. The molecule has 2 aromatic carbocycles. The molecule has 30 heavy (non-hydrogen) atoms. The zero-order valence-corrected chi connectivity index (χ0v) is 17.3. The molecule has 4 rings (SSSR count). The third-order valence-corrected chi connectivity index (χ3v) is 5.47. The van der Waals surface area contributed by atoms with E-state index < -0.39 is 5.91 Å². The summed E-state index contributed by atoms with van der Waals surface area (Å²) >= 11 is 0. The van der Waals surface area contributed by atoms with Crippen LogP contribution in [0.15, 0.2) is 48.5 Å². The number of nitrogens with two attached hydrogens (primary N) is 1. The van der Waals surface area contributed by atoms with Crippen LogP contribution in [0.1, 0.15) is 28.0 Å².